The van der Waals surface area contributed by atoms with Crippen molar-refractivity contribution in [2.75, 3.05) is 5.32 Å². The van der Waals surface area contributed by atoms with Gasteiger partial charge in [0.2, 0.25) is 11.1 Å². The molecule has 0 aliphatic heterocycles. The molecule has 3 N–H and O–H groups in total. The van der Waals surface area contributed by atoms with Crippen LogP contribution in [0.2, 0.25) is 0 Å². The number of anilines is 2. The molecule has 2 aromatic carbocycles. The van der Waals surface area contributed by atoms with Crippen LogP contribution in [0, 0.1) is 4.78 Å². The Morgan fingerprint density at radius 2 is 1.67 bits per heavy atom. The van der Waals surface area contributed by atoms with Gasteiger partial charge in [-0.3, -0.25) is 0 Å². The Hall–Kier alpha value is -2.67. The lowest BCUT2D eigenvalue weighted by atomic mass is 9.99. The Labute approximate surface area is 158 Å². The summed E-state index contributed by atoms with van der Waals surface area (Å²) in [6.45, 7) is 0. The van der Waals surface area contributed by atoms with Crippen molar-refractivity contribution in [3.8, 4) is 0 Å². The van der Waals surface area contributed by atoms with Gasteiger partial charge in [-0.25, -0.2) is 14.1 Å². The van der Waals surface area contributed by atoms with Crippen molar-refractivity contribution in [2.45, 2.75) is 48.6 Å². The highest BCUT2D eigenvalue weighted by Gasteiger charge is 2.25. The van der Waals surface area contributed by atoms with Crippen LogP contribution >= 0.6 is 0 Å². The third kappa shape index (κ3) is 2.73. The second kappa shape index (κ2) is 6.20. The molecular weight excluding hydrogens is 358 g/mol. The maximum atomic E-state index is 12.9. The number of aromatic amines is 1. The molecule has 0 saturated heterocycles. The van der Waals surface area contributed by atoms with Crippen molar-refractivity contribution >= 4 is 21.4 Å². The maximum absolute atomic E-state index is 12.9. The van der Waals surface area contributed by atoms with Gasteiger partial charge in [-0.05, 0) is 72.9 Å². The maximum Gasteiger partial charge on any atom is 0.247 e. The first-order chi connectivity index (χ1) is 13.1. The first-order valence-corrected chi connectivity index (χ1v) is 10.9. The first-order valence-electron chi connectivity index (χ1n) is 9.33. The number of hydrogen-bond acceptors (Lipinski definition) is 5. The fourth-order valence-electron chi connectivity index (χ4n) is 4.23. The Kier molecular flexibility index (Phi) is 3.79. The Balaban J connectivity index is 1.51. The summed E-state index contributed by atoms with van der Waals surface area (Å²) in [5, 5.41) is 10.4. The number of aromatic nitrogens is 3. The number of fused-ring (bicyclic) bond motifs is 2. The molecule has 1 unspecified atom stereocenters. The molecule has 3 aromatic rings. The SMILES string of the molecule is N=S(=O)(c1ccccc1)c1nc(Nc2c3c(cc4c2CCC4)CCC3)n[nH]1. The van der Waals surface area contributed by atoms with Crippen LogP contribution in [0.15, 0.2) is 46.5 Å². The number of rotatable bonds is 4. The summed E-state index contributed by atoms with van der Waals surface area (Å²) >= 11 is 0. The average Bonchev–Trinajstić information content (AvgIpc) is 3.42. The fraction of sp³-hybridized carbons (Fsp3) is 0.300. The second-order valence-electron chi connectivity index (χ2n) is 7.19. The Bertz CT molecular complexity index is 1090. The van der Waals surface area contributed by atoms with Gasteiger partial charge in [0.1, 0.15) is 9.73 Å². The zero-order valence-corrected chi connectivity index (χ0v) is 15.7. The second-order valence-corrected chi connectivity index (χ2v) is 9.16. The van der Waals surface area contributed by atoms with Crippen LogP contribution in [-0.4, -0.2) is 19.4 Å². The third-order valence-corrected chi connectivity index (χ3v) is 7.19. The molecule has 0 spiro atoms. The van der Waals surface area contributed by atoms with E-state index in [0.717, 1.165) is 31.4 Å². The van der Waals surface area contributed by atoms with Crippen molar-refractivity contribution in [2.24, 2.45) is 0 Å². The van der Waals surface area contributed by atoms with Crippen LogP contribution in [-0.2, 0) is 35.4 Å². The average molecular weight is 379 g/mol. The molecule has 1 atom stereocenters. The van der Waals surface area contributed by atoms with E-state index in [0.29, 0.717) is 10.8 Å². The van der Waals surface area contributed by atoms with E-state index in [4.69, 9.17) is 4.78 Å². The number of benzene rings is 2. The van der Waals surface area contributed by atoms with E-state index >= 15 is 0 Å². The summed E-state index contributed by atoms with van der Waals surface area (Å²) < 4.78 is 21.2. The molecule has 0 amide bonds. The number of nitrogens with zero attached hydrogens (tertiary/aromatic N) is 2. The minimum Gasteiger partial charge on any atom is -0.322 e. The van der Waals surface area contributed by atoms with Gasteiger partial charge in [0.25, 0.3) is 0 Å². The molecule has 0 fully saturated rings. The number of H-pyrrole nitrogens is 1. The third-order valence-electron chi connectivity index (χ3n) is 5.52. The van der Waals surface area contributed by atoms with Crippen LogP contribution in [0.5, 0.6) is 0 Å². The van der Waals surface area contributed by atoms with E-state index in [-0.39, 0.29) is 5.16 Å². The quantitative estimate of drug-likeness (QED) is 0.639. The zero-order valence-electron chi connectivity index (χ0n) is 14.9. The van der Waals surface area contributed by atoms with Crippen molar-refractivity contribution in [3.63, 3.8) is 0 Å². The number of hydrogen-bond donors (Lipinski definition) is 3. The highest BCUT2D eigenvalue weighted by atomic mass is 32.2. The monoisotopic (exact) mass is 379 g/mol. The molecule has 2 aliphatic carbocycles. The highest BCUT2D eigenvalue weighted by Crippen LogP contribution is 2.39. The van der Waals surface area contributed by atoms with Crippen molar-refractivity contribution in [3.05, 3.63) is 58.7 Å². The lowest BCUT2D eigenvalue weighted by Gasteiger charge is -2.15. The topological polar surface area (TPSA) is 94.5 Å². The molecule has 0 saturated carbocycles. The summed E-state index contributed by atoms with van der Waals surface area (Å²) in [6, 6.07) is 11.1. The minimum absolute atomic E-state index is 0.0837. The van der Waals surface area contributed by atoms with Gasteiger partial charge in [0.05, 0.1) is 4.90 Å². The Morgan fingerprint density at radius 3 is 2.33 bits per heavy atom. The largest absolute Gasteiger partial charge is 0.322 e. The van der Waals surface area contributed by atoms with Gasteiger partial charge >= 0.3 is 0 Å². The summed E-state index contributed by atoms with van der Waals surface area (Å²) in [5.74, 6) is 0.385. The first kappa shape index (κ1) is 16.5. The van der Waals surface area contributed by atoms with E-state index in [1.54, 1.807) is 24.3 Å². The molecular formula is C20H21N5OS. The molecule has 0 radical (unpaired) electrons. The van der Waals surface area contributed by atoms with Crippen molar-refractivity contribution in [1.82, 2.24) is 15.2 Å². The van der Waals surface area contributed by atoms with Crippen LogP contribution in [0.3, 0.4) is 0 Å². The van der Waals surface area contributed by atoms with Gasteiger partial charge in [0.15, 0.2) is 0 Å². The molecule has 6 nitrogen and oxygen atoms in total. The predicted octanol–water partition coefficient (Wildman–Crippen LogP) is 3.99. The fourth-order valence-corrected chi connectivity index (χ4v) is 5.39. The summed E-state index contributed by atoms with van der Waals surface area (Å²) in [6.07, 6.45) is 6.76. The van der Waals surface area contributed by atoms with Crippen LogP contribution in [0.25, 0.3) is 0 Å². The molecule has 1 aromatic heterocycles. The molecule has 27 heavy (non-hydrogen) atoms. The molecule has 0 bridgehead atoms. The van der Waals surface area contributed by atoms with E-state index in [2.05, 4.69) is 26.6 Å². The van der Waals surface area contributed by atoms with Crippen molar-refractivity contribution < 1.29 is 4.21 Å². The summed E-state index contributed by atoms with van der Waals surface area (Å²) in [7, 11) is -3.20. The van der Waals surface area contributed by atoms with Crippen LogP contribution in [0.4, 0.5) is 11.6 Å². The van der Waals surface area contributed by atoms with Crippen molar-refractivity contribution in [1.29, 1.82) is 4.78 Å². The standard InChI is InChI=1S/C20H21N5OS/c21-27(26,15-8-2-1-3-9-15)20-23-19(24-25-20)22-18-16-10-4-6-13(16)12-14-7-5-11-17(14)18/h1-3,8-9,12,21H,4-7,10-11H2,(H2,22,23,24,25). The van der Waals surface area contributed by atoms with E-state index in [9.17, 15) is 4.21 Å². The van der Waals surface area contributed by atoms with Gasteiger partial charge in [-0.2, -0.15) is 4.98 Å². The van der Waals surface area contributed by atoms with Gasteiger partial charge in [-0.1, -0.05) is 24.3 Å². The lowest BCUT2D eigenvalue weighted by Crippen LogP contribution is -2.04. The van der Waals surface area contributed by atoms with E-state index < -0.39 is 9.73 Å². The molecule has 1 heterocycles. The summed E-state index contributed by atoms with van der Waals surface area (Å²) in [5.41, 5.74) is 6.75. The van der Waals surface area contributed by atoms with Gasteiger partial charge in [-0.15, -0.1) is 5.10 Å². The van der Waals surface area contributed by atoms with E-state index in [1.807, 2.05) is 6.07 Å². The van der Waals surface area contributed by atoms with Crippen LogP contribution in [0.1, 0.15) is 35.1 Å². The number of nitrogens with one attached hydrogen (secondary N) is 3. The normalized spacial score (nSPS) is 17.3. The predicted molar refractivity (Wildman–Crippen MR) is 104 cm³/mol. The smallest absolute Gasteiger partial charge is 0.247 e. The molecule has 5 rings (SSSR count). The summed E-state index contributed by atoms with van der Waals surface area (Å²) in [4.78, 5) is 4.79. The highest BCUT2D eigenvalue weighted by molar-refractivity contribution is 7.92. The minimum atomic E-state index is -3.20. The number of aryl methyl sites for hydroxylation is 2. The van der Waals surface area contributed by atoms with E-state index in [1.165, 1.54) is 35.1 Å². The van der Waals surface area contributed by atoms with Gasteiger partial charge in [0, 0.05) is 5.69 Å². The molecule has 138 valence electrons. The van der Waals surface area contributed by atoms with Crippen LogP contribution < -0.4 is 5.32 Å². The molecule has 7 heteroatoms. The lowest BCUT2D eigenvalue weighted by molar-refractivity contribution is 0.667. The Morgan fingerprint density at radius 1 is 1.00 bits per heavy atom. The van der Waals surface area contributed by atoms with Gasteiger partial charge < -0.3 is 5.32 Å². The zero-order chi connectivity index (χ0) is 18.4. The molecule has 2 aliphatic rings.